The largest absolute Gasteiger partial charge is 0.107 e. The van der Waals surface area contributed by atoms with Crippen LogP contribution in [0.3, 0.4) is 0 Å². The number of hydrogen-bond acceptors (Lipinski definition) is 0. The second-order valence-electron chi connectivity index (χ2n) is 7.06. The number of rotatable bonds is 12. The molecule has 136 valence electrons. The van der Waals surface area contributed by atoms with Gasteiger partial charge < -0.3 is 0 Å². The van der Waals surface area contributed by atoms with E-state index in [1.807, 2.05) is 0 Å². The second kappa shape index (κ2) is 12.3. The van der Waals surface area contributed by atoms with Crippen LogP contribution in [-0.4, -0.2) is 18.5 Å². The van der Waals surface area contributed by atoms with Crippen molar-refractivity contribution in [2.75, 3.05) is 18.5 Å². The Hall–Kier alpha value is -1.13. The predicted molar refractivity (Wildman–Crippen MR) is 115 cm³/mol. The van der Waals surface area contributed by atoms with E-state index in [9.17, 15) is 0 Å². The lowest BCUT2D eigenvalue weighted by atomic mass is 9.88. The van der Waals surface area contributed by atoms with Gasteiger partial charge in [-0.15, -0.1) is 7.92 Å². The molecule has 0 unspecified atom stereocenters. The van der Waals surface area contributed by atoms with Gasteiger partial charge in [-0.05, 0) is 55.3 Å². The first kappa shape index (κ1) is 20.2. The van der Waals surface area contributed by atoms with Gasteiger partial charge >= 0.3 is 0 Å². The van der Waals surface area contributed by atoms with Gasteiger partial charge in [-0.1, -0.05) is 87.4 Å². The summed E-state index contributed by atoms with van der Waals surface area (Å²) in [5.41, 5.74) is 2.94. The number of hydrogen-bond donors (Lipinski definition) is 0. The maximum absolute atomic E-state index is 2.33. The highest BCUT2D eigenvalue weighted by Gasteiger charge is 2.15. The third kappa shape index (κ3) is 7.33. The highest BCUT2D eigenvalue weighted by atomic mass is 31.1. The third-order valence-corrected chi connectivity index (χ3v) is 7.87. The molecule has 0 aliphatic heterocycles. The fourth-order valence-electron chi connectivity index (χ4n) is 3.51. The second-order valence-corrected chi connectivity index (χ2v) is 9.75. The first-order valence-corrected chi connectivity index (χ1v) is 12.1. The van der Waals surface area contributed by atoms with Crippen LogP contribution in [0.15, 0.2) is 60.7 Å². The summed E-state index contributed by atoms with van der Waals surface area (Å²) in [5, 5.41) is 0. The van der Waals surface area contributed by atoms with Crippen molar-refractivity contribution in [1.29, 1.82) is 0 Å². The van der Waals surface area contributed by atoms with Crippen molar-refractivity contribution in [1.82, 2.24) is 0 Å². The van der Waals surface area contributed by atoms with Crippen LogP contribution in [0.4, 0.5) is 0 Å². The van der Waals surface area contributed by atoms with Crippen LogP contribution in [0.5, 0.6) is 0 Å². The van der Waals surface area contributed by atoms with Crippen LogP contribution in [0.2, 0.25) is 0 Å². The van der Waals surface area contributed by atoms with Crippen LogP contribution >= 0.6 is 7.92 Å². The Labute approximate surface area is 156 Å². The summed E-state index contributed by atoms with van der Waals surface area (Å²) in [7, 11) is 0.259. The minimum absolute atomic E-state index is 0.259. The zero-order valence-corrected chi connectivity index (χ0v) is 17.1. The Kier molecular flexibility index (Phi) is 9.90. The predicted octanol–water partition coefficient (Wildman–Crippen LogP) is 7.68. The standard InChI is InChI=1S/C24H35P/c1-3-5-19-25(20-6-4-2)21-13-18-24(22-14-9-7-10-15-22)23-16-11-8-12-17-23/h7-12,14-17,24H,3-6,13,18-21H2,1-2H3. The molecule has 0 atom stereocenters. The Morgan fingerprint density at radius 1 is 0.640 bits per heavy atom. The molecular weight excluding hydrogens is 319 g/mol. The van der Waals surface area contributed by atoms with Crippen LogP contribution < -0.4 is 0 Å². The SMILES string of the molecule is CCCCP(CCCC)CCCC(c1ccccc1)c1ccccc1. The summed E-state index contributed by atoms with van der Waals surface area (Å²) < 4.78 is 0. The Morgan fingerprint density at radius 2 is 1.08 bits per heavy atom. The normalized spacial score (nSPS) is 11.4. The van der Waals surface area contributed by atoms with Crippen LogP contribution in [0.1, 0.15) is 69.4 Å². The molecule has 0 aliphatic rings. The zero-order valence-electron chi connectivity index (χ0n) is 16.2. The van der Waals surface area contributed by atoms with Crippen molar-refractivity contribution >= 4 is 7.92 Å². The molecule has 0 aliphatic carbocycles. The van der Waals surface area contributed by atoms with E-state index < -0.39 is 0 Å². The average molecular weight is 355 g/mol. The van der Waals surface area contributed by atoms with Crippen LogP contribution in [0.25, 0.3) is 0 Å². The minimum Gasteiger partial charge on any atom is -0.107 e. The lowest BCUT2D eigenvalue weighted by Crippen LogP contribution is -2.03. The van der Waals surface area contributed by atoms with Gasteiger partial charge in [0.2, 0.25) is 0 Å². The first-order chi connectivity index (χ1) is 12.3. The Bertz CT molecular complexity index is 501. The summed E-state index contributed by atoms with van der Waals surface area (Å²) >= 11 is 0. The summed E-state index contributed by atoms with van der Waals surface area (Å²) in [4.78, 5) is 0. The quantitative estimate of drug-likeness (QED) is 0.343. The average Bonchev–Trinajstić information content (AvgIpc) is 2.68. The molecular formula is C24H35P. The van der Waals surface area contributed by atoms with E-state index >= 15 is 0 Å². The van der Waals surface area contributed by atoms with Gasteiger partial charge in [0.15, 0.2) is 0 Å². The molecule has 0 nitrogen and oxygen atoms in total. The molecule has 0 saturated carbocycles. The van der Waals surface area contributed by atoms with Gasteiger partial charge in [0, 0.05) is 5.92 Å². The number of benzene rings is 2. The summed E-state index contributed by atoms with van der Waals surface area (Å²) in [6.07, 6.45) is 12.7. The monoisotopic (exact) mass is 354 g/mol. The lowest BCUT2D eigenvalue weighted by molar-refractivity contribution is 0.699. The van der Waals surface area contributed by atoms with E-state index in [-0.39, 0.29) is 7.92 Å². The number of unbranched alkanes of at least 4 members (excludes halogenated alkanes) is 2. The maximum atomic E-state index is 2.33. The maximum Gasteiger partial charge on any atom is 0.00894 e. The summed E-state index contributed by atoms with van der Waals surface area (Å²) in [6, 6.07) is 22.2. The molecule has 0 aromatic heterocycles. The molecule has 0 amide bonds. The van der Waals surface area contributed by atoms with E-state index in [0.29, 0.717) is 5.92 Å². The van der Waals surface area contributed by atoms with Gasteiger partial charge in [0.1, 0.15) is 0 Å². The van der Waals surface area contributed by atoms with E-state index in [0.717, 1.165) is 0 Å². The van der Waals surface area contributed by atoms with E-state index in [2.05, 4.69) is 74.5 Å². The molecule has 0 N–H and O–H groups in total. The summed E-state index contributed by atoms with van der Waals surface area (Å²) in [6.45, 7) is 4.66. The first-order valence-electron chi connectivity index (χ1n) is 10.2. The lowest BCUT2D eigenvalue weighted by Gasteiger charge is -2.21. The van der Waals surface area contributed by atoms with Crippen LogP contribution in [0, 0.1) is 0 Å². The topological polar surface area (TPSA) is 0 Å². The zero-order chi connectivity index (χ0) is 17.7. The molecule has 0 fully saturated rings. The molecule has 25 heavy (non-hydrogen) atoms. The molecule has 0 bridgehead atoms. The summed E-state index contributed by atoms with van der Waals surface area (Å²) in [5.74, 6) is 0.552. The fourth-order valence-corrected chi connectivity index (χ4v) is 6.34. The van der Waals surface area contributed by atoms with Crippen molar-refractivity contribution in [3.8, 4) is 0 Å². The van der Waals surface area contributed by atoms with Crippen molar-refractivity contribution < 1.29 is 0 Å². The molecule has 2 aromatic rings. The van der Waals surface area contributed by atoms with Gasteiger partial charge in [0.25, 0.3) is 0 Å². The van der Waals surface area contributed by atoms with Crippen LogP contribution in [-0.2, 0) is 0 Å². The third-order valence-electron chi connectivity index (χ3n) is 5.03. The van der Waals surface area contributed by atoms with Crippen molar-refractivity contribution in [2.45, 2.75) is 58.3 Å². The fraction of sp³-hybridized carbons (Fsp3) is 0.500. The Balaban J connectivity index is 1.97. The molecule has 0 radical (unpaired) electrons. The van der Waals surface area contributed by atoms with Crippen molar-refractivity contribution in [2.24, 2.45) is 0 Å². The van der Waals surface area contributed by atoms with Crippen molar-refractivity contribution in [3.63, 3.8) is 0 Å². The molecule has 2 aromatic carbocycles. The van der Waals surface area contributed by atoms with Gasteiger partial charge in [-0.2, -0.15) is 0 Å². The minimum atomic E-state index is 0.259. The van der Waals surface area contributed by atoms with E-state index in [1.165, 1.54) is 68.1 Å². The van der Waals surface area contributed by atoms with Crippen molar-refractivity contribution in [3.05, 3.63) is 71.8 Å². The van der Waals surface area contributed by atoms with Gasteiger partial charge in [0.05, 0.1) is 0 Å². The molecule has 0 saturated heterocycles. The Morgan fingerprint density at radius 3 is 1.52 bits per heavy atom. The smallest absolute Gasteiger partial charge is 0.00894 e. The van der Waals surface area contributed by atoms with E-state index in [4.69, 9.17) is 0 Å². The highest BCUT2D eigenvalue weighted by molar-refractivity contribution is 7.57. The van der Waals surface area contributed by atoms with E-state index in [1.54, 1.807) is 0 Å². The van der Waals surface area contributed by atoms with Gasteiger partial charge in [-0.25, -0.2) is 0 Å². The van der Waals surface area contributed by atoms with Gasteiger partial charge in [-0.3, -0.25) is 0 Å². The molecule has 0 spiro atoms. The molecule has 2 rings (SSSR count). The molecule has 0 heterocycles. The highest BCUT2D eigenvalue weighted by Crippen LogP contribution is 2.40. The molecule has 1 heteroatoms.